The third-order valence-corrected chi connectivity index (χ3v) is 4.46. The van der Waals surface area contributed by atoms with Crippen LogP contribution < -0.4 is 5.32 Å². The van der Waals surface area contributed by atoms with Crippen LogP contribution in [0.2, 0.25) is 0 Å². The molecule has 1 aromatic rings. The molecule has 1 N–H and O–H groups in total. The van der Waals surface area contributed by atoms with Gasteiger partial charge in [-0.1, -0.05) is 31.2 Å². The maximum atomic E-state index is 5.93. The van der Waals surface area contributed by atoms with Crippen molar-refractivity contribution >= 4 is 0 Å². The molecule has 1 aliphatic heterocycles. The second kappa shape index (κ2) is 9.19. The second-order valence-corrected chi connectivity index (χ2v) is 5.99. The topological polar surface area (TPSA) is 24.5 Å². The lowest BCUT2D eigenvalue weighted by atomic mass is 10.1. The van der Waals surface area contributed by atoms with Gasteiger partial charge in [0.2, 0.25) is 0 Å². The Morgan fingerprint density at radius 2 is 2.10 bits per heavy atom. The van der Waals surface area contributed by atoms with Crippen molar-refractivity contribution in [3.63, 3.8) is 0 Å². The summed E-state index contributed by atoms with van der Waals surface area (Å²) < 4.78 is 5.93. The molecule has 1 heterocycles. The molecule has 0 spiro atoms. The number of hydrogen-bond acceptors (Lipinski definition) is 3. The number of likely N-dealkylation sites (N-methyl/N-ethyl adjacent to an activating group) is 1. The van der Waals surface area contributed by atoms with Gasteiger partial charge in [-0.25, -0.2) is 0 Å². The number of ether oxygens (including phenoxy) is 1. The fraction of sp³-hybridized carbons (Fsp3) is 0.667. The maximum absolute atomic E-state index is 5.93. The molecule has 0 aliphatic carbocycles. The lowest BCUT2D eigenvalue weighted by Crippen LogP contribution is -2.26. The molecular weight excluding hydrogens is 260 g/mol. The highest BCUT2D eigenvalue weighted by Crippen LogP contribution is 2.18. The molecule has 2 rings (SSSR count). The van der Waals surface area contributed by atoms with Gasteiger partial charge in [0.05, 0.1) is 6.61 Å². The van der Waals surface area contributed by atoms with Crippen molar-refractivity contribution in [2.24, 2.45) is 0 Å². The number of nitrogens with one attached hydrogen (secondary N) is 1. The van der Waals surface area contributed by atoms with Crippen molar-refractivity contribution in [2.45, 2.75) is 45.3 Å². The first-order valence-corrected chi connectivity index (χ1v) is 8.36. The van der Waals surface area contributed by atoms with E-state index in [9.17, 15) is 0 Å². The Bertz CT molecular complexity index is 408. The van der Waals surface area contributed by atoms with E-state index in [1.165, 1.54) is 30.5 Å². The van der Waals surface area contributed by atoms with Crippen LogP contribution in [0.5, 0.6) is 0 Å². The van der Waals surface area contributed by atoms with E-state index < -0.39 is 0 Å². The molecule has 1 atom stereocenters. The van der Waals surface area contributed by atoms with E-state index >= 15 is 0 Å². The molecule has 118 valence electrons. The molecule has 1 unspecified atom stereocenters. The first-order valence-electron chi connectivity index (χ1n) is 8.36. The Labute approximate surface area is 129 Å². The molecule has 0 saturated carbocycles. The molecule has 3 nitrogen and oxygen atoms in total. The monoisotopic (exact) mass is 290 g/mol. The summed E-state index contributed by atoms with van der Waals surface area (Å²) in [5.74, 6) is 0. The van der Waals surface area contributed by atoms with Crippen molar-refractivity contribution < 1.29 is 4.74 Å². The zero-order chi connectivity index (χ0) is 14.9. The summed E-state index contributed by atoms with van der Waals surface area (Å²) >= 11 is 0. The van der Waals surface area contributed by atoms with Crippen LogP contribution in [-0.4, -0.2) is 44.2 Å². The van der Waals surface area contributed by atoms with Crippen LogP contribution in [0, 0.1) is 0 Å². The molecular formula is C18H30N2O. The maximum Gasteiger partial charge on any atom is 0.0719 e. The summed E-state index contributed by atoms with van der Waals surface area (Å²) in [6, 6.07) is 9.39. The normalized spacial score (nSPS) is 19.2. The van der Waals surface area contributed by atoms with Gasteiger partial charge < -0.3 is 15.0 Å². The van der Waals surface area contributed by atoms with Gasteiger partial charge in [-0.15, -0.1) is 0 Å². The van der Waals surface area contributed by atoms with E-state index in [1.807, 2.05) is 0 Å². The average molecular weight is 290 g/mol. The molecule has 0 amide bonds. The Hall–Kier alpha value is -0.900. The molecule has 1 aromatic carbocycles. The van der Waals surface area contributed by atoms with E-state index in [4.69, 9.17) is 4.74 Å². The van der Waals surface area contributed by atoms with Crippen molar-refractivity contribution in [3.05, 3.63) is 35.4 Å². The van der Waals surface area contributed by atoms with Gasteiger partial charge in [-0.2, -0.15) is 0 Å². The number of nitrogens with zero attached hydrogens (tertiary/aromatic N) is 1. The van der Waals surface area contributed by atoms with Crippen LogP contribution >= 0.6 is 0 Å². The van der Waals surface area contributed by atoms with Crippen LogP contribution in [0.3, 0.4) is 0 Å². The minimum atomic E-state index is 0.731. The SMILES string of the molecule is CCNCCc1ccccc1COCCC1CCCN1C. The number of benzene rings is 1. The molecule has 0 aromatic heterocycles. The van der Waals surface area contributed by atoms with Gasteiger partial charge in [-0.05, 0) is 63.5 Å². The van der Waals surface area contributed by atoms with Crippen LogP contribution in [0.15, 0.2) is 24.3 Å². The van der Waals surface area contributed by atoms with E-state index in [0.29, 0.717) is 0 Å². The van der Waals surface area contributed by atoms with Crippen LogP contribution in [0.25, 0.3) is 0 Å². The van der Waals surface area contributed by atoms with Gasteiger partial charge in [0.15, 0.2) is 0 Å². The predicted octanol–water partition coefficient (Wildman–Crippen LogP) is 2.84. The van der Waals surface area contributed by atoms with Crippen LogP contribution in [-0.2, 0) is 17.8 Å². The Kier molecular flexibility index (Phi) is 7.20. The van der Waals surface area contributed by atoms with Crippen LogP contribution in [0.1, 0.15) is 37.3 Å². The van der Waals surface area contributed by atoms with Gasteiger partial charge in [0, 0.05) is 12.6 Å². The smallest absolute Gasteiger partial charge is 0.0719 e. The van der Waals surface area contributed by atoms with E-state index in [2.05, 4.69) is 48.5 Å². The highest BCUT2D eigenvalue weighted by Gasteiger charge is 2.19. The first-order chi connectivity index (χ1) is 10.3. The fourth-order valence-corrected chi connectivity index (χ4v) is 3.09. The number of rotatable bonds is 9. The lowest BCUT2D eigenvalue weighted by molar-refractivity contribution is 0.101. The Morgan fingerprint density at radius 1 is 1.29 bits per heavy atom. The van der Waals surface area contributed by atoms with Gasteiger partial charge >= 0.3 is 0 Å². The third kappa shape index (κ3) is 5.42. The standard InChI is InChI=1S/C18H30N2O/c1-3-19-12-10-16-7-4-5-8-17(16)15-21-14-11-18-9-6-13-20(18)2/h4-5,7-8,18-19H,3,6,9-15H2,1-2H3. The zero-order valence-electron chi connectivity index (χ0n) is 13.6. The summed E-state index contributed by atoms with van der Waals surface area (Å²) in [6.07, 6.45) is 4.92. The lowest BCUT2D eigenvalue weighted by Gasteiger charge is -2.19. The summed E-state index contributed by atoms with van der Waals surface area (Å²) in [6.45, 7) is 7.09. The molecule has 3 heteroatoms. The van der Waals surface area contributed by atoms with Gasteiger partial charge in [-0.3, -0.25) is 0 Å². The zero-order valence-corrected chi connectivity index (χ0v) is 13.6. The highest BCUT2D eigenvalue weighted by atomic mass is 16.5. The van der Waals surface area contributed by atoms with E-state index in [1.54, 1.807) is 0 Å². The quantitative estimate of drug-likeness (QED) is 0.708. The number of hydrogen-bond donors (Lipinski definition) is 1. The molecule has 1 saturated heterocycles. The van der Waals surface area contributed by atoms with Crippen LogP contribution in [0.4, 0.5) is 0 Å². The van der Waals surface area contributed by atoms with Crippen molar-refractivity contribution in [1.82, 2.24) is 10.2 Å². The molecule has 1 fully saturated rings. The molecule has 0 radical (unpaired) electrons. The third-order valence-electron chi connectivity index (χ3n) is 4.46. The summed E-state index contributed by atoms with van der Waals surface area (Å²) in [7, 11) is 2.23. The second-order valence-electron chi connectivity index (χ2n) is 5.99. The Balaban J connectivity index is 1.72. The van der Waals surface area contributed by atoms with E-state index in [-0.39, 0.29) is 0 Å². The number of likely N-dealkylation sites (tertiary alicyclic amines) is 1. The summed E-state index contributed by atoms with van der Waals surface area (Å²) in [4.78, 5) is 2.47. The minimum Gasteiger partial charge on any atom is -0.377 e. The average Bonchev–Trinajstić information content (AvgIpc) is 2.91. The predicted molar refractivity (Wildman–Crippen MR) is 88.6 cm³/mol. The summed E-state index contributed by atoms with van der Waals surface area (Å²) in [5, 5.41) is 3.39. The highest BCUT2D eigenvalue weighted by molar-refractivity contribution is 5.26. The van der Waals surface area contributed by atoms with Crippen molar-refractivity contribution in [3.8, 4) is 0 Å². The van der Waals surface area contributed by atoms with E-state index in [0.717, 1.165) is 45.2 Å². The molecule has 0 bridgehead atoms. The van der Waals surface area contributed by atoms with Gasteiger partial charge in [0.1, 0.15) is 0 Å². The first kappa shape index (κ1) is 16.5. The molecule has 1 aliphatic rings. The van der Waals surface area contributed by atoms with Crippen molar-refractivity contribution in [1.29, 1.82) is 0 Å². The molecule has 21 heavy (non-hydrogen) atoms. The Morgan fingerprint density at radius 3 is 2.81 bits per heavy atom. The largest absolute Gasteiger partial charge is 0.377 e. The fourth-order valence-electron chi connectivity index (χ4n) is 3.09. The minimum absolute atomic E-state index is 0.731. The van der Waals surface area contributed by atoms with Gasteiger partial charge in [0.25, 0.3) is 0 Å². The summed E-state index contributed by atoms with van der Waals surface area (Å²) in [5.41, 5.74) is 2.76. The van der Waals surface area contributed by atoms with Crippen molar-refractivity contribution in [2.75, 3.05) is 33.3 Å².